The molecule has 1 aromatic carbocycles. The summed E-state index contributed by atoms with van der Waals surface area (Å²) in [5.41, 5.74) is 2.78. The smallest absolute Gasteiger partial charge is 0.254 e. The molecule has 7 heteroatoms. The Balaban J connectivity index is 1.74. The molecule has 3 rings (SSSR count). The van der Waals surface area contributed by atoms with Crippen LogP contribution in [0.25, 0.3) is 0 Å². The molecular weight excluding hydrogens is 352 g/mol. The van der Waals surface area contributed by atoms with E-state index in [9.17, 15) is 4.79 Å². The number of carbonyl (C=O) groups excluding carboxylic acids is 1. The van der Waals surface area contributed by atoms with E-state index in [-0.39, 0.29) is 11.9 Å². The van der Waals surface area contributed by atoms with Gasteiger partial charge in [0.2, 0.25) is 0 Å². The minimum Gasteiger partial charge on any atom is -0.335 e. The SMILES string of the molecule is CCCC[C@@H](c1cccnc1)N(C)C(=O)c1ccc(Cn2nnnc2C)cc1. The van der Waals surface area contributed by atoms with Crippen molar-refractivity contribution in [1.82, 2.24) is 30.1 Å². The molecule has 146 valence electrons. The number of aromatic nitrogens is 5. The first-order chi connectivity index (χ1) is 13.6. The van der Waals surface area contributed by atoms with Gasteiger partial charge in [0.25, 0.3) is 5.91 Å². The van der Waals surface area contributed by atoms with Gasteiger partial charge in [0.05, 0.1) is 12.6 Å². The summed E-state index contributed by atoms with van der Waals surface area (Å²) in [7, 11) is 1.87. The summed E-state index contributed by atoms with van der Waals surface area (Å²) < 4.78 is 1.73. The van der Waals surface area contributed by atoms with Crippen molar-refractivity contribution in [2.24, 2.45) is 0 Å². The van der Waals surface area contributed by atoms with Crippen molar-refractivity contribution in [2.75, 3.05) is 7.05 Å². The fraction of sp³-hybridized carbons (Fsp3) is 0.381. The number of benzene rings is 1. The number of hydrogen-bond donors (Lipinski definition) is 0. The van der Waals surface area contributed by atoms with Crippen LogP contribution in [0.2, 0.25) is 0 Å². The highest BCUT2D eigenvalue weighted by Gasteiger charge is 2.22. The third kappa shape index (κ3) is 4.60. The fourth-order valence-corrected chi connectivity index (χ4v) is 3.22. The number of amides is 1. The number of tetrazole rings is 1. The number of nitrogens with zero attached hydrogens (tertiary/aromatic N) is 6. The van der Waals surface area contributed by atoms with Gasteiger partial charge in [-0.2, -0.15) is 0 Å². The molecule has 0 unspecified atom stereocenters. The van der Waals surface area contributed by atoms with Gasteiger partial charge in [-0.05, 0) is 53.1 Å². The van der Waals surface area contributed by atoms with Crippen LogP contribution in [0.15, 0.2) is 48.8 Å². The average Bonchev–Trinajstić information content (AvgIpc) is 3.13. The van der Waals surface area contributed by atoms with Gasteiger partial charge in [-0.15, -0.1) is 5.10 Å². The largest absolute Gasteiger partial charge is 0.335 e. The van der Waals surface area contributed by atoms with E-state index in [4.69, 9.17) is 0 Å². The van der Waals surface area contributed by atoms with E-state index in [0.29, 0.717) is 12.1 Å². The molecule has 1 amide bonds. The molecule has 3 aromatic rings. The number of carbonyl (C=O) groups is 1. The molecule has 0 aliphatic carbocycles. The first kappa shape index (κ1) is 19.7. The zero-order chi connectivity index (χ0) is 19.9. The fourth-order valence-electron chi connectivity index (χ4n) is 3.22. The van der Waals surface area contributed by atoms with E-state index in [0.717, 1.165) is 36.2 Å². The van der Waals surface area contributed by atoms with Gasteiger partial charge < -0.3 is 4.90 Å². The maximum atomic E-state index is 13.1. The molecule has 0 saturated heterocycles. The van der Waals surface area contributed by atoms with E-state index in [2.05, 4.69) is 27.4 Å². The zero-order valence-electron chi connectivity index (χ0n) is 16.6. The number of pyridine rings is 1. The minimum atomic E-state index is 0.00936. The Morgan fingerprint density at radius 1 is 1.21 bits per heavy atom. The summed E-state index contributed by atoms with van der Waals surface area (Å²) >= 11 is 0. The van der Waals surface area contributed by atoms with Crippen LogP contribution in [0, 0.1) is 6.92 Å². The third-order valence-corrected chi connectivity index (χ3v) is 4.93. The molecule has 7 nitrogen and oxygen atoms in total. The molecule has 0 N–H and O–H groups in total. The van der Waals surface area contributed by atoms with Crippen LogP contribution in [-0.4, -0.2) is 43.0 Å². The molecule has 0 spiro atoms. The van der Waals surface area contributed by atoms with Crippen molar-refractivity contribution >= 4 is 5.91 Å². The van der Waals surface area contributed by atoms with Gasteiger partial charge in [0.15, 0.2) is 0 Å². The maximum Gasteiger partial charge on any atom is 0.254 e. The molecule has 2 aromatic heterocycles. The van der Waals surface area contributed by atoms with E-state index < -0.39 is 0 Å². The second-order valence-electron chi connectivity index (χ2n) is 6.94. The topological polar surface area (TPSA) is 76.8 Å². The Hall–Kier alpha value is -3.09. The highest BCUT2D eigenvalue weighted by molar-refractivity contribution is 5.94. The van der Waals surface area contributed by atoms with Gasteiger partial charge in [0, 0.05) is 25.0 Å². The molecule has 0 radical (unpaired) electrons. The van der Waals surface area contributed by atoms with Crippen molar-refractivity contribution < 1.29 is 4.79 Å². The Morgan fingerprint density at radius 3 is 2.61 bits per heavy atom. The van der Waals surface area contributed by atoms with Crippen molar-refractivity contribution in [3.05, 3.63) is 71.3 Å². The molecule has 1 atom stereocenters. The third-order valence-electron chi connectivity index (χ3n) is 4.93. The Morgan fingerprint density at radius 2 is 2.00 bits per heavy atom. The van der Waals surface area contributed by atoms with Crippen LogP contribution >= 0.6 is 0 Å². The summed E-state index contributed by atoms with van der Waals surface area (Å²) in [6.07, 6.45) is 6.67. The molecule has 0 fully saturated rings. The monoisotopic (exact) mass is 378 g/mol. The molecule has 0 aliphatic rings. The van der Waals surface area contributed by atoms with Crippen LogP contribution in [0.5, 0.6) is 0 Å². The first-order valence-electron chi connectivity index (χ1n) is 9.59. The summed E-state index contributed by atoms with van der Waals surface area (Å²) in [6.45, 7) is 4.60. The maximum absolute atomic E-state index is 13.1. The van der Waals surface area contributed by atoms with Crippen LogP contribution in [-0.2, 0) is 6.54 Å². The van der Waals surface area contributed by atoms with Crippen LogP contribution in [0.3, 0.4) is 0 Å². The molecule has 28 heavy (non-hydrogen) atoms. The summed E-state index contributed by atoms with van der Waals surface area (Å²) in [4.78, 5) is 19.1. The van der Waals surface area contributed by atoms with E-state index in [1.807, 2.05) is 61.5 Å². The van der Waals surface area contributed by atoms with Crippen molar-refractivity contribution in [2.45, 2.75) is 45.7 Å². The molecule has 0 aliphatic heterocycles. The Kier molecular flexibility index (Phi) is 6.47. The van der Waals surface area contributed by atoms with Gasteiger partial charge >= 0.3 is 0 Å². The highest BCUT2D eigenvalue weighted by atomic mass is 16.2. The van der Waals surface area contributed by atoms with Gasteiger partial charge in [-0.25, -0.2) is 4.68 Å². The Bertz CT molecular complexity index is 891. The van der Waals surface area contributed by atoms with Crippen LogP contribution in [0.1, 0.15) is 59.5 Å². The van der Waals surface area contributed by atoms with E-state index in [1.165, 1.54) is 0 Å². The highest BCUT2D eigenvalue weighted by Crippen LogP contribution is 2.26. The quantitative estimate of drug-likeness (QED) is 0.600. The standard InChI is InChI=1S/C21H26N6O/c1-4-5-8-20(19-7-6-13-22-14-19)26(3)21(28)18-11-9-17(10-12-18)15-27-16(2)23-24-25-27/h6-7,9-14,20H,4-5,8,15H2,1-3H3/t20-/m0/s1. The zero-order valence-corrected chi connectivity index (χ0v) is 16.6. The summed E-state index contributed by atoms with van der Waals surface area (Å²) in [6, 6.07) is 11.6. The van der Waals surface area contributed by atoms with E-state index >= 15 is 0 Å². The van der Waals surface area contributed by atoms with Crippen LogP contribution < -0.4 is 0 Å². The number of aryl methyl sites for hydroxylation is 1. The van der Waals surface area contributed by atoms with Gasteiger partial charge in [-0.1, -0.05) is 38.0 Å². The average molecular weight is 378 g/mol. The molecule has 0 bridgehead atoms. The second-order valence-corrected chi connectivity index (χ2v) is 6.94. The minimum absolute atomic E-state index is 0.00936. The summed E-state index contributed by atoms with van der Waals surface area (Å²) in [5, 5.41) is 11.5. The van der Waals surface area contributed by atoms with Crippen LogP contribution in [0.4, 0.5) is 0 Å². The first-order valence-corrected chi connectivity index (χ1v) is 9.59. The van der Waals surface area contributed by atoms with Gasteiger partial charge in [0.1, 0.15) is 5.82 Å². The molecule has 2 heterocycles. The number of hydrogen-bond acceptors (Lipinski definition) is 5. The lowest BCUT2D eigenvalue weighted by molar-refractivity contribution is 0.0720. The van der Waals surface area contributed by atoms with Gasteiger partial charge in [-0.3, -0.25) is 9.78 Å². The molecular formula is C21H26N6O. The van der Waals surface area contributed by atoms with E-state index in [1.54, 1.807) is 10.9 Å². The lowest BCUT2D eigenvalue weighted by atomic mass is 10.0. The lowest BCUT2D eigenvalue weighted by Crippen LogP contribution is -2.31. The Labute approximate surface area is 165 Å². The van der Waals surface area contributed by atoms with Crippen molar-refractivity contribution in [3.63, 3.8) is 0 Å². The normalized spacial score (nSPS) is 12.0. The lowest BCUT2D eigenvalue weighted by Gasteiger charge is -2.28. The predicted molar refractivity (Wildman–Crippen MR) is 107 cm³/mol. The predicted octanol–water partition coefficient (Wildman–Crippen LogP) is 3.43. The number of unbranched alkanes of at least 4 members (excludes halogenated alkanes) is 1. The summed E-state index contributed by atoms with van der Waals surface area (Å²) in [5.74, 6) is 0.769. The molecule has 0 saturated carbocycles. The number of rotatable bonds is 8. The van der Waals surface area contributed by atoms with Crippen molar-refractivity contribution in [1.29, 1.82) is 0 Å². The second kappa shape index (κ2) is 9.21. The van der Waals surface area contributed by atoms with Crippen molar-refractivity contribution in [3.8, 4) is 0 Å².